The second-order valence-corrected chi connectivity index (χ2v) is 8.01. The number of aryl methyl sites for hydroxylation is 2. The van der Waals surface area contributed by atoms with Crippen LogP contribution in [0, 0.1) is 20.8 Å². The van der Waals surface area contributed by atoms with Crippen LogP contribution in [0.2, 0.25) is 0 Å². The lowest BCUT2D eigenvalue weighted by atomic mass is 10.1. The van der Waals surface area contributed by atoms with Gasteiger partial charge in [-0.1, -0.05) is 42.0 Å². The minimum atomic E-state index is -0.0724. The Morgan fingerprint density at radius 1 is 1.00 bits per heavy atom. The van der Waals surface area contributed by atoms with Crippen molar-refractivity contribution < 1.29 is 4.79 Å². The van der Waals surface area contributed by atoms with Crippen molar-refractivity contribution in [3.8, 4) is 0 Å². The van der Waals surface area contributed by atoms with Crippen molar-refractivity contribution in [3.05, 3.63) is 88.7 Å². The fraction of sp³-hybridized carbons (Fsp3) is 0.320. The number of hydrogen-bond acceptors (Lipinski definition) is 1. The van der Waals surface area contributed by atoms with Crippen LogP contribution in [0.3, 0.4) is 0 Å². The number of rotatable bonds is 6. The van der Waals surface area contributed by atoms with E-state index in [-0.39, 0.29) is 12.1 Å². The molecule has 3 aromatic rings. The van der Waals surface area contributed by atoms with Crippen LogP contribution in [0.1, 0.15) is 41.8 Å². The van der Waals surface area contributed by atoms with Crippen LogP contribution in [-0.4, -0.2) is 21.5 Å². The molecule has 0 aliphatic rings. The second-order valence-electron chi connectivity index (χ2n) is 8.01. The average molecular weight is 390 g/mol. The number of carbonyl (C=O) groups excluding carboxylic acids is 1. The van der Waals surface area contributed by atoms with E-state index in [0.29, 0.717) is 6.54 Å². The summed E-state index contributed by atoms with van der Waals surface area (Å²) < 4.78 is 2.21. The van der Waals surface area contributed by atoms with E-state index in [9.17, 15) is 4.79 Å². The van der Waals surface area contributed by atoms with Crippen molar-refractivity contribution in [2.45, 2.75) is 53.8 Å². The lowest BCUT2D eigenvalue weighted by molar-refractivity contribution is 0.192. The molecule has 0 saturated carbocycles. The quantitative estimate of drug-likeness (QED) is 0.559. The first-order valence-electron chi connectivity index (χ1n) is 10.2. The Labute approximate surface area is 174 Å². The summed E-state index contributed by atoms with van der Waals surface area (Å²) in [6.45, 7) is 11.7. The van der Waals surface area contributed by atoms with Crippen LogP contribution < -0.4 is 5.32 Å². The van der Waals surface area contributed by atoms with Crippen molar-refractivity contribution in [3.63, 3.8) is 0 Å². The number of amides is 2. The van der Waals surface area contributed by atoms with Crippen molar-refractivity contribution in [2.24, 2.45) is 0 Å². The second kappa shape index (κ2) is 8.99. The molecule has 4 nitrogen and oxygen atoms in total. The van der Waals surface area contributed by atoms with Gasteiger partial charge in [0.25, 0.3) is 0 Å². The highest BCUT2D eigenvalue weighted by molar-refractivity contribution is 5.90. The summed E-state index contributed by atoms with van der Waals surface area (Å²) in [5, 5.41) is 3.10. The Kier molecular flexibility index (Phi) is 6.42. The van der Waals surface area contributed by atoms with Crippen LogP contribution in [0.4, 0.5) is 10.5 Å². The molecule has 152 valence electrons. The Hall–Kier alpha value is -3.01. The molecule has 1 heterocycles. The van der Waals surface area contributed by atoms with E-state index >= 15 is 0 Å². The minimum absolute atomic E-state index is 0.0724. The number of nitrogens with zero attached hydrogens (tertiary/aromatic N) is 2. The van der Waals surface area contributed by atoms with Gasteiger partial charge in [-0.3, -0.25) is 0 Å². The summed E-state index contributed by atoms with van der Waals surface area (Å²) >= 11 is 0. The molecule has 2 aromatic carbocycles. The van der Waals surface area contributed by atoms with E-state index in [1.54, 1.807) is 0 Å². The molecule has 3 rings (SSSR count). The zero-order chi connectivity index (χ0) is 21.0. The Bertz CT molecular complexity index is 970. The first-order chi connectivity index (χ1) is 13.8. The molecule has 0 fully saturated rings. The molecule has 0 spiro atoms. The number of urea groups is 1. The summed E-state index contributed by atoms with van der Waals surface area (Å²) in [6.07, 6.45) is 2.08. The molecule has 0 unspecified atom stereocenters. The van der Waals surface area contributed by atoms with E-state index in [4.69, 9.17) is 0 Å². The normalized spacial score (nSPS) is 11.0. The first-order valence-corrected chi connectivity index (χ1v) is 10.2. The maximum atomic E-state index is 13.1. The van der Waals surface area contributed by atoms with Crippen LogP contribution in [0.25, 0.3) is 0 Å². The summed E-state index contributed by atoms with van der Waals surface area (Å²) in [6, 6.07) is 18.7. The topological polar surface area (TPSA) is 37.3 Å². The predicted octanol–water partition coefficient (Wildman–Crippen LogP) is 5.90. The van der Waals surface area contributed by atoms with E-state index in [1.165, 1.54) is 16.7 Å². The van der Waals surface area contributed by atoms with Crippen molar-refractivity contribution in [1.29, 1.82) is 0 Å². The highest BCUT2D eigenvalue weighted by atomic mass is 16.2. The predicted molar refractivity (Wildman–Crippen MR) is 120 cm³/mol. The average Bonchev–Trinajstić information content (AvgIpc) is 3.11. The molecule has 29 heavy (non-hydrogen) atoms. The monoisotopic (exact) mass is 389 g/mol. The van der Waals surface area contributed by atoms with E-state index < -0.39 is 0 Å². The Morgan fingerprint density at radius 2 is 1.72 bits per heavy atom. The standard InChI is InChI=1S/C25H31N3O/c1-18(2)28(25(29)26-24-10-6-8-20(4)21(24)5)17-23-9-7-15-27(23)16-22-13-11-19(3)12-14-22/h6-15,18H,16-17H2,1-5H3,(H,26,29). The molecule has 1 N–H and O–H groups in total. The Balaban J connectivity index is 1.76. The molecule has 0 saturated heterocycles. The molecular formula is C25H31N3O. The molecule has 0 bridgehead atoms. The number of aromatic nitrogens is 1. The van der Waals surface area contributed by atoms with Crippen LogP contribution >= 0.6 is 0 Å². The molecule has 0 aliphatic carbocycles. The molecule has 2 amide bonds. The van der Waals surface area contributed by atoms with Crippen LogP contribution in [0.5, 0.6) is 0 Å². The lowest BCUT2D eigenvalue weighted by Gasteiger charge is -2.28. The maximum Gasteiger partial charge on any atom is 0.322 e. The molecule has 0 radical (unpaired) electrons. The van der Waals surface area contributed by atoms with Crippen molar-refractivity contribution >= 4 is 11.7 Å². The first kappa shape index (κ1) is 20.7. The zero-order valence-corrected chi connectivity index (χ0v) is 18.1. The molecular weight excluding hydrogens is 358 g/mol. The highest BCUT2D eigenvalue weighted by Crippen LogP contribution is 2.20. The lowest BCUT2D eigenvalue weighted by Crippen LogP contribution is -2.40. The van der Waals surface area contributed by atoms with Gasteiger partial charge in [0.15, 0.2) is 0 Å². The van der Waals surface area contributed by atoms with Gasteiger partial charge >= 0.3 is 6.03 Å². The number of hydrogen-bond donors (Lipinski definition) is 1. The maximum absolute atomic E-state index is 13.1. The summed E-state index contributed by atoms with van der Waals surface area (Å²) in [7, 11) is 0. The fourth-order valence-electron chi connectivity index (χ4n) is 3.37. The van der Waals surface area contributed by atoms with Gasteiger partial charge in [0.2, 0.25) is 0 Å². The van der Waals surface area contributed by atoms with Crippen molar-refractivity contribution in [2.75, 3.05) is 5.32 Å². The SMILES string of the molecule is Cc1ccc(Cn2cccc2CN(C(=O)Nc2cccc(C)c2C)C(C)C)cc1. The molecule has 0 atom stereocenters. The number of carbonyl (C=O) groups is 1. The number of anilines is 1. The molecule has 4 heteroatoms. The number of benzene rings is 2. The highest BCUT2D eigenvalue weighted by Gasteiger charge is 2.19. The molecule has 0 aliphatic heterocycles. The summed E-state index contributed by atoms with van der Waals surface area (Å²) in [5.74, 6) is 0. The molecule has 1 aromatic heterocycles. The Morgan fingerprint density at radius 3 is 2.41 bits per heavy atom. The van der Waals surface area contributed by atoms with Gasteiger partial charge in [0.05, 0.1) is 6.54 Å². The third kappa shape index (κ3) is 5.08. The smallest absolute Gasteiger partial charge is 0.322 e. The third-order valence-electron chi connectivity index (χ3n) is 5.46. The van der Waals surface area contributed by atoms with Gasteiger partial charge in [0, 0.05) is 30.2 Å². The third-order valence-corrected chi connectivity index (χ3v) is 5.46. The van der Waals surface area contributed by atoms with Gasteiger partial charge < -0.3 is 14.8 Å². The summed E-state index contributed by atoms with van der Waals surface area (Å²) in [5.41, 5.74) is 6.78. The van der Waals surface area contributed by atoms with E-state index in [1.807, 2.05) is 30.0 Å². The largest absolute Gasteiger partial charge is 0.345 e. The van der Waals surface area contributed by atoms with Gasteiger partial charge in [-0.15, -0.1) is 0 Å². The van der Waals surface area contributed by atoms with Gasteiger partial charge in [0.1, 0.15) is 0 Å². The van der Waals surface area contributed by atoms with Gasteiger partial charge in [-0.2, -0.15) is 0 Å². The van der Waals surface area contributed by atoms with Crippen molar-refractivity contribution in [1.82, 2.24) is 9.47 Å². The van der Waals surface area contributed by atoms with Crippen LogP contribution in [-0.2, 0) is 13.1 Å². The number of nitrogens with one attached hydrogen (secondary N) is 1. The van der Waals surface area contributed by atoms with Crippen LogP contribution in [0.15, 0.2) is 60.8 Å². The van der Waals surface area contributed by atoms with Gasteiger partial charge in [-0.05, 0) is 69.5 Å². The summed E-state index contributed by atoms with van der Waals surface area (Å²) in [4.78, 5) is 14.9. The van der Waals surface area contributed by atoms with E-state index in [0.717, 1.165) is 23.5 Å². The zero-order valence-electron chi connectivity index (χ0n) is 18.1. The minimum Gasteiger partial charge on any atom is -0.345 e. The van der Waals surface area contributed by atoms with Gasteiger partial charge in [-0.25, -0.2) is 4.79 Å². The fourth-order valence-corrected chi connectivity index (χ4v) is 3.37. The van der Waals surface area contributed by atoms with E-state index in [2.05, 4.69) is 80.2 Å².